The molecule has 13 heteroatoms. The van der Waals surface area contributed by atoms with Gasteiger partial charge in [0, 0.05) is 0 Å². The number of hydrogen-bond acceptors (Lipinski definition) is 8. The van der Waals surface area contributed by atoms with Gasteiger partial charge < -0.3 is 35.5 Å². The van der Waals surface area contributed by atoms with E-state index in [4.69, 9.17) is 16.6 Å². The zero-order chi connectivity index (χ0) is 15.8. The van der Waals surface area contributed by atoms with Gasteiger partial charge in [-0.3, -0.25) is 9.11 Å². The quantitative estimate of drug-likeness (QED) is 0.171. The molecule has 9 nitrogen and oxygen atoms in total. The normalized spacial score (nSPS) is 12.6. The van der Waals surface area contributed by atoms with Gasteiger partial charge in [-0.2, -0.15) is 0 Å². The molecule has 0 fully saturated rings. The summed E-state index contributed by atoms with van der Waals surface area (Å²) < 4.78 is 21.8. The van der Waals surface area contributed by atoms with Crippen molar-refractivity contribution in [1.29, 1.82) is 0 Å². The van der Waals surface area contributed by atoms with Gasteiger partial charge in [0.1, 0.15) is 22.6 Å². The first-order chi connectivity index (χ1) is 8.81. The second-order valence-electron chi connectivity index (χ2n) is 2.83. The number of unbranched alkanes of at least 4 members (excludes halogenated alkanes) is 1. The molecule has 0 spiro atoms. The van der Waals surface area contributed by atoms with Crippen LogP contribution in [0.4, 0.5) is 0 Å². The second-order valence-corrected chi connectivity index (χ2v) is 4.65. The third-order valence-electron chi connectivity index (χ3n) is 1.45. The van der Waals surface area contributed by atoms with Crippen molar-refractivity contribution in [3.05, 3.63) is 13.2 Å². The third-order valence-corrected chi connectivity index (χ3v) is 2.79. The molecular formula is C8H20N2Na2O7P2. The summed E-state index contributed by atoms with van der Waals surface area (Å²) in [5.41, 5.74) is 10.4. The molecule has 0 radical (unpaired) electrons. The molecule has 0 aliphatic carbocycles. The Morgan fingerprint density at radius 2 is 1.57 bits per heavy atom. The zero-order valence-electron chi connectivity index (χ0n) is 12.4. The molecule has 0 bridgehead atoms. The molecule has 0 aromatic carbocycles. The van der Waals surface area contributed by atoms with E-state index in [2.05, 4.69) is 17.5 Å². The van der Waals surface area contributed by atoms with Gasteiger partial charge in [0.25, 0.3) is 0 Å². The van der Waals surface area contributed by atoms with Crippen LogP contribution in [0.3, 0.4) is 0 Å². The Hall–Kier alpha value is 1.47. The van der Waals surface area contributed by atoms with Crippen LogP contribution in [0, 0.1) is 0 Å². The molecule has 0 aliphatic heterocycles. The molecule has 0 aromatic rings. The van der Waals surface area contributed by atoms with Crippen molar-refractivity contribution in [3.63, 3.8) is 0 Å². The SMILES string of the molecule is C=C.NCCCCC(N)C(=O)O.O=[PH]([O-])O[PH](=O)[O-].[Na+].[Na+]. The Kier molecular flexibility index (Phi) is 42.6. The Morgan fingerprint density at radius 1 is 1.19 bits per heavy atom. The minimum absolute atomic E-state index is 0. The van der Waals surface area contributed by atoms with Crippen LogP contribution in [-0.4, -0.2) is 23.7 Å². The fourth-order valence-corrected chi connectivity index (χ4v) is 1.24. The van der Waals surface area contributed by atoms with Gasteiger partial charge in [-0.05, 0) is 19.4 Å². The molecule has 21 heavy (non-hydrogen) atoms. The first-order valence-corrected chi connectivity index (χ1v) is 7.54. The van der Waals surface area contributed by atoms with Gasteiger partial charge in [0.15, 0.2) is 0 Å². The van der Waals surface area contributed by atoms with Crippen LogP contribution < -0.4 is 80.4 Å². The van der Waals surface area contributed by atoms with Crippen LogP contribution in [0.1, 0.15) is 19.3 Å². The summed E-state index contributed by atoms with van der Waals surface area (Å²) >= 11 is 0. The van der Waals surface area contributed by atoms with Crippen molar-refractivity contribution >= 4 is 22.5 Å². The third kappa shape index (κ3) is 38.9. The van der Waals surface area contributed by atoms with E-state index in [1.165, 1.54) is 0 Å². The molecule has 0 aliphatic rings. The summed E-state index contributed by atoms with van der Waals surface area (Å²) in [7, 11) is -7.03. The monoisotopic (exact) mass is 364 g/mol. The van der Waals surface area contributed by atoms with Crippen molar-refractivity contribution < 1.29 is 92.2 Å². The maximum absolute atomic E-state index is 10.1. The van der Waals surface area contributed by atoms with E-state index in [9.17, 15) is 23.7 Å². The predicted molar refractivity (Wildman–Crippen MR) is 68.9 cm³/mol. The minimum Gasteiger partial charge on any atom is -0.781 e. The van der Waals surface area contributed by atoms with E-state index in [0.717, 1.165) is 12.8 Å². The average Bonchev–Trinajstić information content (AvgIpc) is 2.30. The van der Waals surface area contributed by atoms with E-state index in [-0.39, 0.29) is 59.1 Å². The van der Waals surface area contributed by atoms with Crippen molar-refractivity contribution in [1.82, 2.24) is 0 Å². The Balaban J connectivity index is -0.0000000693. The van der Waals surface area contributed by atoms with Crippen LogP contribution in [0.25, 0.3) is 0 Å². The standard InChI is InChI=1S/C6H14N2O2.C2H4.2Na.H4O5P2/c7-4-2-1-3-5(8)6(9)10;1-2;;;1-6(2)5-7(3)4/h5H,1-4,7-8H2,(H,9,10);1-2H2;;;6-7H,(H,1,2)(H,3,4)/q;;2*+1;/p-2. The van der Waals surface area contributed by atoms with Crippen LogP contribution in [0.2, 0.25) is 0 Å². The Labute approximate surface area is 170 Å². The molecule has 0 rings (SSSR count). The Morgan fingerprint density at radius 3 is 1.76 bits per heavy atom. The van der Waals surface area contributed by atoms with Crippen LogP contribution in [0.15, 0.2) is 13.2 Å². The van der Waals surface area contributed by atoms with Gasteiger partial charge in [-0.25, -0.2) is 0 Å². The summed E-state index contributed by atoms with van der Waals surface area (Å²) in [6.07, 6.45) is 2.16. The molecule has 5 N–H and O–H groups in total. The fraction of sp³-hybridized carbons (Fsp3) is 0.625. The van der Waals surface area contributed by atoms with Gasteiger partial charge in [0.05, 0.1) is 0 Å². The molecule has 3 unspecified atom stereocenters. The summed E-state index contributed by atoms with van der Waals surface area (Å²) in [6, 6.07) is -0.716. The van der Waals surface area contributed by atoms with Crippen molar-refractivity contribution in [2.75, 3.05) is 6.54 Å². The van der Waals surface area contributed by atoms with Crippen LogP contribution >= 0.6 is 16.5 Å². The zero-order valence-corrected chi connectivity index (χ0v) is 18.4. The number of rotatable bonds is 7. The smallest absolute Gasteiger partial charge is 0.781 e. The van der Waals surface area contributed by atoms with E-state index >= 15 is 0 Å². The molecular weight excluding hydrogens is 344 g/mol. The molecule has 0 saturated heterocycles. The van der Waals surface area contributed by atoms with E-state index in [1.54, 1.807) is 0 Å². The summed E-state index contributed by atoms with van der Waals surface area (Å²) in [5.74, 6) is -0.933. The number of nitrogens with two attached hydrogens (primary N) is 2. The van der Waals surface area contributed by atoms with Gasteiger partial charge in [0.2, 0.25) is 0 Å². The number of aliphatic carboxylic acids is 1. The summed E-state index contributed by atoms with van der Waals surface area (Å²) in [5, 5.41) is 8.33. The van der Waals surface area contributed by atoms with Gasteiger partial charge in [-0.1, -0.05) is 6.42 Å². The predicted octanol–water partition coefficient (Wildman–Crippen LogP) is -7.16. The van der Waals surface area contributed by atoms with E-state index in [1.807, 2.05) is 0 Å². The maximum Gasteiger partial charge on any atom is 1.00 e. The number of carboxylic acids is 1. The molecule has 0 heterocycles. The van der Waals surface area contributed by atoms with Crippen molar-refractivity contribution in [3.8, 4) is 0 Å². The molecule has 116 valence electrons. The molecule has 0 amide bonds. The van der Waals surface area contributed by atoms with Crippen LogP contribution in [-0.2, 0) is 18.2 Å². The second kappa shape index (κ2) is 26.4. The maximum atomic E-state index is 10.1. The number of hydrogen-bond donors (Lipinski definition) is 3. The largest absolute Gasteiger partial charge is 1.00 e. The van der Waals surface area contributed by atoms with Gasteiger partial charge >= 0.3 is 65.1 Å². The summed E-state index contributed by atoms with van der Waals surface area (Å²) in [4.78, 5) is 28.7. The molecule has 3 atom stereocenters. The van der Waals surface area contributed by atoms with Crippen molar-refractivity contribution in [2.45, 2.75) is 25.3 Å². The topological polar surface area (TPSA) is 179 Å². The van der Waals surface area contributed by atoms with Gasteiger partial charge in [-0.15, -0.1) is 13.2 Å². The van der Waals surface area contributed by atoms with E-state index < -0.39 is 28.5 Å². The minimum atomic E-state index is -3.51. The Bertz CT molecular complexity index is 275. The number of carbonyl (C=O) groups is 1. The first kappa shape index (κ1) is 33.9. The fourth-order valence-electron chi connectivity index (χ4n) is 0.700. The average molecular weight is 364 g/mol. The van der Waals surface area contributed by atoms with Crippen LogP contribution in [0.5, 0.6) is 0 Å². The van der Waals surface area contributed by atoms with Crippen molar-refractivity contribution in [2.24, 2.45) is 11.5 Å². The molecule has 0 saturated carbocycles. The number of carboxylic acid groups (broad SMARTS) is 1. The summed E-state index contributed by atoms with van der Waals surface area (Å²) in [6.45, 7) is 6.60. The molecule has 0 aromatic heterocycles. The van der Waals surface area contributed by atoms with E-state index in [0.29, 0.717) is 13.0 Å². The first-order valence-electron chi connectivity index (χ1n) is 5.09.